The maximum Gasteiger partial charge on any atom is 0.347 e. The average molecular weight is 270 g/mol. The van der Waals surface area contributed by atoms with Crippen LogP contribution < -0.4 is 5.32 Å². The maximum absolute atomic E-state index is 10.9. The van der Waals surface area contributed by atoms with Gasteiger partial charge in [-0.2, -0.15) is 0 Å². The second-order valence-electron chi connectivity index (χ2n) is 5.02. The molecule has 1 aliphatic rings. The number of aromatic carboxylic acids is 1. The third-order valence-corrected chi connectivity index (χ3v) is 4.46. The zero-order valence-corrected chi connectivity index (χ0v) is 11.5. The van der Waals surface area contributed by atoms with Crippen molar-refractivity contribution >= 4 is 22.4 Å². The van der Waals surface area contributed by atoms with Crippen molar-refractivity contribution in [2.45, 2.75) is 26.7 Å². The zero-order chi connectivity index (χ0) is 13.2. The number of rotatable bonds is 4. The molecule has 1 aromatic rings. The van der Waals surface area contributed by atoms with E-state index in [4.69, 9.17) is 9.84 Å². The SMILES string of the molecule is Cc1nc(NCC2(C)CCOCC2)sc1C(=O)O. The summed E-state index contributed by atoms with van der Waals surface area (Å²) in [4.78, 5) is 15.5. The molecule has 0 amide bonds. The molecule has 0 radical (unpaired) electrons. The van der Waals surface area contributed by atoms with Crippen molar-refractivity contribution in [2.75, 3.05) is 25.1 Å². The number of anilines is 1. The zero-order valence-electron chi connectivity index (χ0n) is 10.7. The molecule has 6 heteroatoms. The third-order valence-electron chi connectivity index (χ3n) is 3.36. The highest BCUT2D eigenvalue weighted by Gasteiger charge is 2.27. The summed E-state index contributed by atoms with van der Waals surface area (Å²) in [6, 6.07) is 0. The molecule has 100 valence electrons. The smallest absolute Gasteiger partial charge is 0.347 e. The number of thiazole rings is 1. The van der Waals surface area contributed by atoms with E-state index in [9.17, 15) is 4.79 Å². The standard InChI is InChI=1S/C12H18N2O3S/c1-8-9(10(15)16)18-11(14-8)13-7-12(2)3-5-17-6-4-12/h3-7H2,1-2H3,(H,13,14)(H,15,16). The van der Waals surface area contributed by atoms with Crippen molar-refractivity contribution in [2.24, 2.45) is 5.41 Å². The van der Waals surface area contributed by atoms with Crippen LogP contribution in [0.3, 0.4) is 0 Å². The summed E-state index contributed by atoms with van der Waals surface area (Å²) in [5.74, 6) is -0.907. The molecule has 0 atom stereocenters. The minimum Gasteiger partial charge on any atom is -0.477 e. The van der Waals surface area contributed by atoms with E-state index < -0.39 is 5.97 Å². The molecule has 0 spiro atoms. The Morgan fingerprint density at radius 2 is 2.22 bits per heavy atom. The minimum absolute atomic E-state index is 0.210. The number of carbonyl (C=O) groups is 1. The Morgan fingerprint density at radius 3 is 2.78 bits per heavy atom. The lowest BCUT2D eigenvalue weighted by Gasteiger charge is -2.33. The lowest BCUT2D eigenvalue weighted by Crippen LogP contribution is -2.33. The van der Waals surface area contributed by atoms with Crippen LogP contribution in [-0.2, 0) is 4.74 Å². The Hall–Kier alpha value is -1.14. The van der Waals surface area contributed by atoms with Gasteiger partial charge in [0.05, 0.1) is 5.69 Å². The molecule has 0 aromatic carbocycles. The second kappa shape index (κ2) is 5.24. The van der Waals surface area contributed by atoms with Gasteiger partial charge < -0.3 is 15.2 Å². The summed E-state index contributed by atoms with van der Waals surface area (Å²) < 4.78 is 5.35. The van der Waals surface area contributed by atoms with Gasteiger partial charge in [-0.05, 0) is 25.2 Å². The molecule has 0 bridgehead atoms. The molecule has 0 unspecified atom stereocenters. The predicted molar refractivity (Wildman–Crippen MR) is 70.5 cm³/mol. The van der Waals surface area contributed by atoms with Gasteiger partial charge in [0.15, 0.2) is 5.13 Å². The number of carboxylic acid groups (broad SMARTS) is 1. The van der Waals surface area contributed by atoms with Crippen molar-refractivity contribution in [3.05, 3.63) is 10.6 Å². The predicted octanol–water partition coefficient (Wildman–Crippen LogP) is 2.38. The molecule has 0 saturated carbocycles. The minimum atomic E-state index is -0.907. The van der Waals surface area contributed by atoms with E-state index >= 15 is 0 Å². The summed E-state index contributed by atoms with van der Waals surface area (Å²) in [6.07, 6.45) is 2.05. The number of hydrogen-bond acceptors (Lipinski definition) is 5. The molecule has 2 heterocycles. The highest BCUT2D eigenvalue weighted by atomic mass is 32.1. The van der Waals surface area contributed by atoms with Gasteiger partial charge in [0.1, 0.15) is 4.88 Å². The second-order valence-corrected chi connectivity index (χ2v) is 6.01. The van der Waals surface area contributed by atoms with Crippen LogP contribution in [0, 0.1) is 12.3 Å². The molecule has 2 rings (SSSR count). The first-order valence-corrected chi connectivity index (χ1v) is 6.84. The van der Waals surface area contributed by atoms with Crippen LogP contribution in [0.25, 0.3) is 0 Å². The molecular formula is C12H18N2O3S. The van der Waals surface area contributed by atoms with Crippen LogP contribution >= 0.6 is 11.3 Å². The van der Waals surface area contributed by atoms with Crippen molar-refractivity contribution < 1.29 is 14.6 Å². The van der Waals surface area contributed by atoms with Crippen molar-refractivity contribution in [3.63, 3.8) is 0 Å². The Morgan fingerprint density at radius 1 is 1.56 bits per heavy atom. The first kappa shape index (κ1) is 13.3. The van der Waals surface area contributed by atoms with Gasteiger partial charge in [-0.15, -0.1) is 0 Å². The molecule has 0 aliphatic carbocycles. The quantitative estimate of drug-likeness (QED) is 0.879. The van der Waals surface area contributed by atoms with E-state index in [0.717, 1.165) is 32.6 Å². The normalized spacial score (nSPS) is 18.6. The highest BCUT2D eigenvalue weighted by Crippen LogP contribution is 2.31. The number of aryl methyl sites for hydroxylation is 1. The molecule has 1 aromatic heterocycles. The Bertz CT molecular complexity index is 439. The summed E-state index contributed by atoms with van der Waals surface area (Å²) in [5.41, 5.74) is 0.786. The van der Waals surface area contributed by atoms with Gasteiger partial charge in [-0.1, -0.05) is 18.3 Å². The van der Waals surface area contributed by atoms with Crippen LogP contribution in [0.15, 0.2) is 0 Å². The largest absolute Gasteiger partial charge is 0.477 e. The van der Waals surface area contributed by atoms with Gasteiger partial charge in [0.25, 0.3) is 0 Å². The van der Waals surface area contributed by atoms with Crippen molar-refractivity contribution in [1.82, 2.24) is 4.98 Å². The monoisotopic (exact) mass is 270 g/mol. The molecule has 1 aliphatic heterocycles. The number of aromatic nitrogens is 1. The summed E-state index contributed by atoms with van der Waals surface area (Å²) in [5, 5.41) is 12.9. The van der Waals surface area contributed by atoms with Gasteiger partial charge in [0.2, 0.25) is 0 Å². The van der Waals surface area contributed by atoms with Crippen LogP contribution in [0.5, 0.6) is 0 Å². The number of nitrogens with one attached hydrogen (secondary N) is 1. The number of nitrogens with zero attached hydrogens (tertiary/aromatic N) is 1. The topological polar surface area (TPSA) is 71.5 Å². The molecular weight excluding hydrogens is 252 g/mol. The fourth-order valence-corrected chi connectivity index (χ4v) is 2.80. The van der Waals surface area contributed by atoms with Gasteiger partial charge in [-0.3, -0.25) is 0 Å². The molecule has 5 nitrogen and oxygen atoms in total. The maximum atomic E-state index is 10.9. The average Bonchev–Trinajstić information content (AvgIpc) is 2.69. The molecule has 1 fully saturated rings. The number of hydrogen-bond donors (Lipinski definition) is 2. The molecule has 2 N–H and O–H groups in total. The Labute approximate surface area is 110 Å². The van der Waals surface area contributed by atoms with E-state index in [-0.39, 0.29) is 5.41 Å². The fourth-order valence-electron chi connectivity index (χ4n) is 2.00. The van der Waals surface area contributed by atoms with Crippen molar-refractivity contribution in [3.8, 4) is 0 Å². The van der Waals surface area contributed by atoms with Crippen LogP contribution in [0.1, 0.15) is 35.1 Å². The van der Waals surface area contributed by atoms with Crippen LogP contribution in [0.4, 0.5) is 5.13 Å². The first-order valence-electron chi connectivity index (χ1n) is 6.02. The van der Waals surface area contributed by atoms with E-state index in [1.165, 1.54) is 11.3 Å². The Kier molecular flexibility index (Phi) is 3.87. The van der Waals surface area contributed by atoms with Crippen LogP contribution in [-0.4, -0.2) is 35.8 Å². The number of ether oxygens (including phenoxy) is 1. The third kappa shape index (κ3) is 3.00. The van der Waals surface area contributed by atoms with Crippen molar-refractivity contribution in [1.29, 1.82) is 0 Å². The summed E-state index contributed by atoms with van der Waals surface area (Å²) in [7, 11) is 0. The van der Waals surface area contributed by atoms with E-state index in [2.05, 4.69) is 17.2 Å². The summed E-state index contributed by atoms with van der Waals surface area (Å²) in [6.45, 7) is 6.36. The molecule has 18 heavy (non-hydrogen) atoms. The van der Waals surface area contributed by atoms with Crippen LogP contribution in [0.2, 0.25) is 0 Å². The highest BCUT2D eigenvalue weighted by molar-refractivity contribution is 7.17. The van der Waals surface area contributed by atoms with E-state index in [1.807, 2.05) is 0 Å². The van der Waals surface area contributed by atoms with E-state index in [1.54, 1.807) is 6.92 Å². The fraction of sp³-hybridized carbons (Fsp3) is 0.667. The lowest BCUT2D eigenvalue weighted by molar-refractivity contribution is 0.0300. The van der Waals surface area contributed by atoms with Gasteiger partial charge >= 0.3 is 5.97 Å². The Balaban J connectivity index is 1.97. The van der Waals surface area contributed by atoms with E-state index in [0.29, 0.717) is 15.7 Å². The van der Waals surface area contributed by atoms with Gasteiger partial charge in [0, 0.05) is 19.8 Å². The molecule has 1 saturated heterocycles. The lowest BCUT2D eigenvalue weighted by atomic mass is 9.82. The first-order chi connectivity index (χ1) is 8.50. The summed E-state index contributed by atoms with van der Waals surface area (Å²) >= 11 is 1.20. The van der Waals surface area contributed by atoms with Gasteiger partial charge in [-0.25, -0.2) is 9.78 Å². The number of carboxylic acids is 1.